The SMILES string of the molecule is C#C.C=C=C(/C=C\C)CCCc1ccccc1C(=O)CC.CC. The number of carbonyl (C=O) groups excluding carboxylic acids is 1. The standard InChI is InChI=1S/C18H22O.C2H6.C2H2/c1-4-10-15(5-2)11-9-13-16-12-7-8-14-17(16)18(19)6-3;2*1-2/h4,7-8,10,12,14H,2,6,9,11,13H2,1,3H3;1-2H3;1-2H/b10-4-;;. The summed E-state index contributed by atoms with van der Waals surface area (Å²) < 4.78 is 0. The summed E-state index contributed by atoms with van der Waals surface area (Å²) in [5.74, 6) is 0.226. The van der Waals surface area contributed by atoms with Crippen molar-refractivity contribution in [1.29, 1.82) is 0 Å². The van der Waals surface area contributed by atoms with E-state index in [1.807, 2.05) is 58.0 Å². The van der Waals surface area contributed by atoms with Gasteiger partial charge in [0.25, 0.3) is 0 Å². The van der Waals surface area contributed by atoms with Gasteiger partial charge in [-0.3, -0.25) is 4.79 Å². The molecule has 1 aromatic rings. The normalized spacial score (nSPS) is 8.96. The molecule has 1 aromatic carbocycles. The molecule has 0 atom stereocenters. The van der Waals surface area contributed by atoms with Crippen LogP contribution in [0.5, 0.6) is 0 Å². The van der Waals surface area contributed by atoms with Crippen molar-refractivity contribution >= 4 is 5.78 Å². The zero-order valence-electron chi connectivity index (χ0n) is 15.1. The number of allylic oxidation sites excluding steroid dienone is 3. The van der Waals surface area contributed by atoms with Crippen LogP contribution >= 0.6 is 0 Å². The molecular weight excluding hydrogens is 280 g/mol. The minimum absolute atomic E-state index is 0.226. The van der Waals surface area contributed by atoms with Gasteiger partial charge in [-0.05, 0) is 37.3 Å². The Morgan fingerprint density at radius 3 is 2.39 bits per heavy atom. The molecule has 1 rings (SSSR count). The van der Waals surface area contributed by atoms with Crippen LogP contribution in [0, 0.1) is 12.8 Å². The summed E-state index contributed by atoms with van der Waals surface area (Å²) >= 11 is 0. The number of rotatable bonds is 7. The molecule has 0 saturated heterocycles. The average Bonchev–Trinajstić information content (AvgIpc) is 2.64. The van der Waals surface area contributed by atoms with Crippen molar-refractivity contribution in [3.63, 3.8) is 0 Å². The van der Waals surface area contributed by atoms with Crippen LogP contribution < -0.4 is 0 Å². The number of hydrogen-bond donors (Lipinski definition) is 0. The maximum absolute atomic E-state index is 11.9. The second kappa shape index (κ2) is 16.1. The maximum Gasteiger partial charge on any atom is 0.162 e. The minimum atomic E-state index is 0.226. The third-order valence-electron chi connectivity index (χ3n) is 3.13. The minimum Gasteiger partial charge on any atom is -0.294 e. The van der Waals surface area contributed by atoms with Crippen LogP contribution in [0.1, 0.15) is 62.9 Å². The van der Waals surface area contributed by atoms with E-state index < -0.39 is 0 Å². The van der Waals surface area contributed by atoms with Crippen LogP contribution in [-0.2, 0) is 6.42 Å². The van der Waals surface area contributed by atoms with Crippen LogP contribution in [0.2, 0.25) is 0 Å². The molecule has 0 aliphatic carbocycles. The highest BCUT2D eigenvalue weighted by atomic mass is 16.1. The topological polar surface area (TPSA) is 17.1 Å². The Hall–Kier alpha value is -2.29. The zero-order chi connectivity index (χ0) is 18.1. The fourth-order valence-electron chi connectivity index (χ4n) is 2.10. The lowest BCUT2D eigenvalue weighted by atomic mass is 9.97. The average molecular weight is 310 g/mol. The summed E-state index contributed by atoms with van der Waals surface area (Å²) in [6, 6.07) is 7.91. The van der Waals surface area contributed by atoms with Gasteiger partial charge in [-0.1, -0.05) is 63.8 Å². The number of aryl methyl sites for hydroxylation is 1. The molecule has 0 bridgehead atoms. The molecule has 1 heteroatoms. The van der Waals surface area contributed by atoms with E-state index in [1.54, 1.807) is 0 Å². The van der Waals surface area contributed by atoms with Gasteiger partial charge in [0, 0.05) is 12.0 Å². The van der Waals surface area contributed by atoms with Gasteiger partial charge in [0.15, 0.2) is 5.78 Å². The summed E-state index contributed by atoms with van der Waals surface area (Å²) in [5, 5.41) is 0. The Morgan fingerprint density at radius 2 is 1.87 bits per heavy atom. The molecule has 124 valence electrons. The summed E-state index contributed by atoms with van der Waals surface area (Å²) in [6.07, 6.45) is 15.5. The third kappa shape index (κ3) is 9.35. The second-order valence-corrected chi connectivity index (χ2v) is 4.49. The van der Waals surface area contributed by atoms with E-state index in [0.29, 0.717) is 6.42 Å². The predicted octanol–water partition coefficient (Wildman–Crippen LogP) is 6.17. The molecule has 0 aliphatic heterocycles. The van der Waals surface area contributed by atoms with Gasteiger partial charge in [-0.15, -0.1) is 18.6 Å². The Bertz CT molecular complexity index is 540. The van der Waals surface area contributed by atoms with E-state index in [2.05, 4.69) is 31.2 Å². The predicted molar refractivity (Wildman–Crippen MR) is 103 cm³/mol. The lowest BCUT2D eigenvalue weighted by molar-refractivity contribution is 0.0987. The lowest BCUT2D eigenvalue weighted by Gasteiger charge is -2.07. The highest BCUT2D eigenvalue weighted by molar-refractivity contribution is 5.97. The largest absolute Gasteiger partial charge is 0.294 e. The number of hydrogen-bond acceptors (Lipinski definition) is 1. The Morgan fingerprint density at radius 1 is 1.26 bits per heavy atom. The molecule has 0 aromatic heterocycles. The van der Waals surface area contributed by atoms with Crippen molar-refractivity contribution in [3.8, 4) is 12.8 Å². The molecule has 0 unspecified atom stereocenters. The fraction of sp³-hybridized carbons (Fsp3) is 0.364. The van der Waals surface area contributed by atoms with Gasteiger partial charge in [0.05, 0.1) is 0 Å². The summed E-state index contributed by atoms with van der Waals surface area (Å²) in [6.45, 7) is 11.6. The molecule has 0 spiro atoms. The first kappa shape index (κ1) is 23.0. The number of ketones is 1. The maximum atomic E-state index is 11.9. The number of terminal acetylenes is 1. The van der Waals surface area contributed by atoms with Crippen molar-refractivity contribution in [2.24, 2.45) is 0 Å². The van der Waals surface area contributed by atoms with Gasteiger partial charge in [-0.25, -0.2) is 0 Å². The Balaban J connectivity index is 0. The summed E-state index contributed by atoms with van der Waals surface area (Å²) in [4.78, 5) is 11.9. The smallest absolute Gasteiger partial charge is 0.162 e. The van der Waals surface area contributed by atoms with Gasteiger partial charge in [0.2, 0.25) is 0 Å². The molecule has 23 heavy (non-hydrogen) atoms. The van der Waals surface area contributed by atoms with Crippen LogP contribution in [-0.4, -0.2) is 5.78 Å². The molecule has 0 saturated carbocycles. The van der Waals surface area contributed by atoms with E-state index in [9.17, 15) is 4.79 Å². The Kier molecular flexibility index (Phi) is 16.1. The molecule has 0 amide bonds. The van der Waals surface area contributed by atoms with Gasteiger partial charge in [0.1, 0.15) is 0 Å². The molecule has 1 nitrogen and oxygen atoms in total. The third-order valence-corrected chi connectivity index (χ3v) is 3.13. The van der Waals surface area contributed by atoms with E-state index in [4.69, 9.17) is 0 Å². The first-order chi connectivity index (χ1) is 11.2. The summed E-state index contributed by atoms with van der Waals surface area (Å²) in [5.41, 5.74) is 6.10. The highest BCUT2D eigenvalue weighted by Crippen LogP contribution is 2.16. The molecular formula is C22H30O. The molecule has 0 radical (unpaired) electrons. The van der Waals surface area contributed by atoms with Crippen molar-refractivity contribution < 1.29 is 4.79 Å². The molecule has 0 heterocycles. The van der Waals surface area contributed by atoms with Gasteiger partial charge >= 0.3 is 0 Å². The van der Waals surface area contributed by atoms with E-state index in [0.717, 1.165) is 36.0 Å². The molecule has 0 fully saturated rings. The van der Waals surface area contributed by atoms with Crippen molar-refractivity contribution in [2.45, 2.75) is 53.4 Å². The van der Waals surface area contributed by atoms with Crippen LogP contribution in [0.25, 0.3) is 0 Å². The van der Waals surface area contributed by atoms with Crippen molar-refractivity contribution in [3.05, 3.63) is 65.4 Å². The number of Topliss-reactive ketones (excluding diaryl/α,β-unsaturated/α-hetero) is 1. The first-order valence-electron chi connectivity index (χ1n) is 8.19. The monoisotopic (exact) mass is 310 g/mol. The molecule has 0 N–H and O–H groups in total. The number of carbonyl (C=O) groups is 1. The van der Waals surface area contributed by atoms with Crippen LogP contribution in [0.4, 0.5) is 0 Å². The fourth-order valence-corrected chi connectivity index (χ4v) is 2.10. The number of benzene rings is 1. The van der Waals surface area contributed by atoms with Crippen LogP contribution in [0.3, 0.4) is 0 Å². The van der Waals surface area contributed by atoms with Crippen LogP contribution in [0.15, 0.2) is 54.3 Å². The summed E-state index contributed by atoms with van der Waals surface area (Å²) in [7, 11) is 0. The van der Waals surface area contributed by atoms with Crippen molar-refractivity contribution in [1.82, 2.24) is 0 Å². The van der Waals surface area contributed by atoms with Crippen molar-refractivity contribution in [2.75, 3.05) is 0 Å². The quantitative estimate of drug-likeness (QED) is 0.255. The lowest BCUT2D eigenvalue weighted by Crippen LogP contribution is -2.02. The molecule has 0 aliphatic rings. The van der Waals surface area contributed by atoms with E-state index >= 15 is 0 Å². The van der Waals surface area contributed by atoms with E-state index in [-0.39, 0.29) is 5.78 Å². The highest BCUT2D eigenvalue weighted by Gasteiger charge is 2.08. The van der Waals surface area contributed by atoms with Gasteiger partial charge < -0.3 is 0 Å². The first-order valence-corrected chi connectivity index (χ1v) is 8.19. The van der Waals surface area contributed by atoms with E-state index in [1.165, 1.54) is 0 Å². The second-order valence-electron chi connectivity index (χ2n) is 4.49. The zero-order valence-corrected chi connectivity index (χ0v) is 15.1. The van der Waals surface area contributed by atoms with Gasteiger partial charge in [-0.2, -0.15) is 0 Å². The Labute approximate surface area is 142 Å².